The molecule has 0 atom stereocenters. The first-order chi connectivity index (χ1) is 12.1. The standard InChI is InChI=1S/C18H22N4O3/c19-18(20)21-17(23)15-2-1-14-12-16(4-3-13(14)11-15)25-10-7-22-5-8-24-9-6-22/h1-4,11-12H,5-10H2,(H4,19,20,21,23). The number of hydrogen-bond donors (Lipinski definition) is 2. The molecule has 0 unspecified atom stereocenters. The Morgan fingerprint density at radius 2 is 1.84 bits per heavy atom. The van der Waals surface area contributed by atoms with Crippen LogP contribution in [0.15, 0.2) is 41.4 Å². The van der Waals surface area contributed by atoms with Crippen molar-refractivity contribution in [3.05, 3.63) is 42.0 Å². The molecule has 4 N–H and O–H groups in total. The van der Waals surface area contributed by atoms with E-state index in [1.807, 2.05) is 24.3 Å². The summed E-state index contributed by atoms with van der Waals surface area (Å²) >= 11 is 0. The van der Waals surface area contributed by atoms with Crippen LogP contribution in [-0.4, -0.2) is 56.2 Å². The number of hydrogen-bond acceptors (Lipinski definition) is 4. The SMILES string of the molecule is NC(N)=NC(=O)c1ccc2cc(OCCN3CCOCC3)ccc2c1. The van der Waals surface area contributed by atoms with Crippen molar-refractivity contribution in [1.82, 2.24) is 4.90 Å². The molecule has 1 amide bonds. The van der Waals surface area contributed by atoms with Crippen LogP contribution in [0.1, 0.15) is 10.4 Å². The van der Waals surface area contributed by atoms with Gasteiger partial charge in [-0.1, -0.05) is 12.1 Å². The lowest BCUT2D eigenvalue weighted by molar-refractivity contribution is 0.0322. The number of guanidine groups is 1. The maximum Gasteiger partial charge on any atom is 0.280 e. The van der Waals surface area contributed by atoms with Crippen LogP contribution in [0.5, 0.6) is 5.75 Å². The molecule has 1 saturated heterocycles. The average molecular weight is 342 g/mol. The van der Waals surface area contributed by atoms with Crippen molar-refractivity contribution < 1.29 is 14.3 Å². The third kappa shape index (κ3) is 4.68. The lowest BCUT2D eigenvalue weighted by atomic mass is 10.1. The largest absolute Gasteiger partial charge is 0.492 e. The minimum atomic E-state index is -0.451. The van der Waals surface area contributed by atoms with E-state index in [9.17, 15) is 4.79 Å². The summed E-state index contributed by atoms with van der Waals surface area (Å²) in [5.74, 6) is 0.117. The monoisotopic (exact) mass is 342 g/mol. The minimum Gasteiger partial charge on any atom is -0.492 e. The number of benzene rings is 2. The minimum absolute atomic E-state index is 0.242. The van der Waals surface area contributed by atoms with E-state index >= 15 is 0 Å². The van der Waals surface area contributed by atoms with Crippen molar-refractivity contribution >= 4 is 22.6 Å². The number of aliphatic imine (C=N–C) groups is 1. The normalized spacial score (nSPS) is 15.0. The van der Waals surface area contributed by atoms with Crippen LogP contribution in [0.25, 0.3) is 10.8 Å². The fourth-order valence-corrected chi connectivity index (χ4v) is 2.75. The van der Waals surface area contributed by atoms with Crippen molar-refractivity contribution in [3.8, 4) is 5.75 Å². The highest BCUT2D eigenvalue weighted by Gasteiger charge is 2.10. The molecule has 25 heavy (non-hydrogen) atoms. The van der Waals surface area contributed by atoms with Crippen LogP contribution < -0.4 is 16.2 Å². The average Bonchev–Trinajstić information content (AvgIpc) is 2.61. The van der Waals surface area contributed by atoms with Crippen molar-refractivity contribution in [2.24, 2.45) is 16.5 Å². The number of ether oxygens (including phenoxy) is 2. The molecular weight excluding hydrogens is 320 g/mol. The van der Waals surface area contributed by atoms with Crippen molar-refractivity contribution in [2.45, 2.75) is 0 Å². The molecule has 0 bridgehead atoms. The van der Waals surface area contributed by atoms with E-state index in [-0.39, 0.29) is 5.96 Å². The van der Waals surface area contributed by atoms with Gasteiger partial charge in [0.05, 0.1) is 13.2 Å². The van der Waals surface area contributed by atoms with Crippen LogP contribution in [0.4, 0.5) is 0 Å². The zero-order valence-corrected chi connectivity index (χ0v) is 14.0. The smallest absolute Gasteiger partial charge is 0.280 e. The summed E-state index contributed by atoms with van der Waals surface area (Å²) < 4.78 is 11.2. The van der Waals surface area contributed by atoms with Crippen LogP contribution in [-0.2, 0) is 4.74 Å². The summed E-state index contributed by atoms with van der Waals surface area (Å²) in [5.41, 5.74) is 10.9. The van der Waals surface area contributed by atoms with E-state index < -0.39 is 5.91 Å². The van der Waals surface area contributed by atoms with E-state index in [1.54, 1.807) is 12.1 Å². The number of amides is 1. The number of morpholine rings is 1. The Bertz CT molecular complexity index is 781. The maximum atomic E-state index is 11.9. The summed E-state index contributed by atoms with van der Waals surface area (Å²) in [5, 5.41) is 1.92. The second-order valence-corrected chi connectivity index (χ2v) is 5.87. The molecule has 0 radical (unpaired) electrons. The van der Waals surface area contributed by atoms with Gasteiger partial charge in [0.25, 0.3) is 5.91 Å². The number of rotatable bonds is 5. The number of carbonyl (C=O) groups is 1. The van der Waals surface area contributed by atoms with Crippen molar-refractivity contribution in [2.75, 3.05) is 39.5 Å². The Kier molecular flexibility index (Phi) is 5.47. The quantitative estimate of drug-likeness (QED) is 0.620. The van der Waals surface area contributed by atoms with Gasteiger partial charge in [-0.2, -0.15) is 4.99 Å². The molecule has 2 aromatic carbocycles. The summed E-state index contributed by atoms with van der Waals surface area (Å²) in [6.07, 6.45) is 0. The first kappa shape index (κ1) is 17.2. The van der Waals surface area contributed by atoms with E-state index in [2.05, 4.69) is 9.89 Å². The van der Waals surface area contributed by atoms with Gasteiger partial charge in [0.2, 0.25) is 0 Å². The molecule has 132 valence electrons. The van der Waals surface area contributed by atoms with Gasteiger partial charge in [0.1, 0.15) is 12.4 Å². The Balaban J connectivity index is 1.64. The lowest BCUT2D eigenvalue weighted by Gasteiger charge is -2.26. The summed E-state index contributed by atoms with van der Waals surface area (Å²) in [6.45, 7) is 5.00. The van der Waals surface area contributed by atoms with Gasteiger partial charge in [-0.15, -0.1) is 0 Å². The molecule has 0 aromatic heterocycles. The number of nitrogens with two attached hydrogens (primary N) is 2. The molecule has 3 rings (SSSR count). The molecule has 1 aliphatic heterocycles. The highest BCUT2D eigenvalue weighted by molar-refractivity contribution is 6.04. The second-order valence-electron chi connectivity index (χ2n) is 5.87. The predicted molar refractivity (Wildman–Crippen MR) is 96.8 cm³/mol. The summed E-state index contributed by atoms with van der Waals surface area (Å²) in [6, 6.07) is 11.1. The van der Waals surface area contributed by atoms with Crippen LogP contribution in [0.3, 0.4) is 0 Å². The molecule has 7 heteroatoms. The van der Waals surface area contributed by atoms with Gasteiger partial charge < -0.3 is 20.9 Å². The van der Waals surface area contributed by atoms with Gasteiger partial charge in [0, 0.05) is 25.2 Å². The molecule has 0 saturated carbocycles. The molecule has 1 fully saturated rings. The van der Waals surface area contributed by atoms with Crippen LogP contribution in [0, 0.1) is 0 Å². The number of nitrogens with zero attached hydrogens (tertiary/aromatic N) is 2. The molecule has 1 heterocycles. The molecule has 2 aromatic rings. The van der Waals surface area contributed by atoms with Gasteiger partial charge in [0.15, 0.2) is 5.96 Å². The third-order valence-electron chi connectivity index (χ3n) is 4.07. The first-order valence-electron chi connectivity index (χ1n) is 8.22. The molecule has 7 nitrogen and oxygen atoms in total. The summed E-state index contributed by atoms with van der Waals surface area (Å²) in [4.78, 5) is 17.7. The van der Waals surface area contributed by atoms with Crippen LogP contribution in [0.2, 0.25) is 0 Å². The van der Waals surface area contributed by atoms with E-state index in [0.29, 0.717) is 12.2 Å². The zero-order chi connectivity index (χ0) is 17.6. The van der Waals surface area contributed by atoms with Crippen molar-refractivity contribution in [1.29, 1.82) is 0 Å². The maximum absolute atomic E-state index is 11.9. The van der Waals surface area contributed by atoms with E-state index in [1.165, 1.54) is 0 Å². The van der Waals surface area contributed by atoms with Gasteiger partial charge >= 0.3 is 0 Å². The second kappa shape index (κ2) is 7.96. The van der Waals surface area contributed by atoms with Gasteiger partial charge in [-0.05, 0) is 35.0 Å². The highest BCUT2D eigenvalue weighted by Crippen LogP contribution is 2.22. The number of fused-ring (bicyclic) bond motifs is 1. The Labute approximate surface area is 146 Å². The van der Waals surface area contributed by atoms with Crippen molar-refractivity contribution in [3.63, 3.8) is 0 Å². The van der Waals surface area contributed by atoms with Gasteiger partial charge in [-0.25, -0.2) is 0 Å². The molecular formula is C18H22N4O3. The van der Waals surface area contributed by atoms with E-state index in [4.69, 9.17) is 20.9 Å². The topological polar surface area (TPSA) is 103 Å². The summed E-state index contributed by atoms with van der Waals surface area (Å²) in [7, 11) is 0. The van der Waals surface area contributed by atoms with Gasteiger partial charge in [-0.3, -0.25) is 9.69 Å². The van der Waals surface area contributed by atoms with Crippen LogP contribution >= 0.6 is 0 Å². The zero-order valence-electron chi connectivity index (χ0n) is 14.0. The molecule has 1 aliphatic rings. The first-order valence-corrected chi connectivity index (χ1v) is 8.22. The Morgan fingerprint density at radius 1 is 1.12 bits per heavy atom. The Hall–Kier alpha value is -2.64. The third-order valence-corrected chi connectivity index (χ3v) is 4.07. The predicted octanol–water partition coefficient (Wildman–Crippen LogP) is 0.964. The lowest BCUT2D eigenvalue weighted by Crippen LogP contribution is -2.38. The Morgan fingerprint density at radius 3 is 2.60 bits per heavy atom. The van der Waals surface area contributed by atoms with E-state index in [0.717, 1.165) is 49.4 Å². The number of carbonyl (C=O) groups excluding carboxylic acids is 1. The molecule has 0 spiro atoms. The fraction of sp³-hybridized carbons (Fsp3) is 0.333. The highest BCUT2D eigenvalue weighted by atomic mass is 16.5. The fourth-order valence-electron chi connectivity index (χ4n) is 2.75. The molecule has 0 aliphatic carbocycles.